The van der Waals surface area contributed by atoms with Crippen molar-refractivity contribution in [3.05, 3.63) is 72.6 Å². The molecule has 3 atom stereocenters. The summed E-state index contributed by atoms with van der Waals surface area (Å²) in [7, 11) is 0. The first-order valence-electron chi connectivity index (χ1n) is 10.6. The summed E-state index contributed by atoms with van der Waals surface area (Å²) in [4.78, 5) is 12.9. The first-order valence-corrected chi connectivity index (χ1v) is 10.6. The molecule has 31 heavy (non-hydrogen) atoms. The number of nitrogens with one attached hydrogen (secondary N) is 3. The lowest BCUT2D eigenvalue weighted by Gasteiger charge is -2.28. The maximum Gasteiger partial charge on any atom is 0.175 e. The Morgan fingerprint density at radius 1 is 1.29 bits per heavy atom. The Morgan fingerprint density at radius 3 is 2.65 bits per heavy atom. The van der Waals surface area contributed by atoms with Gasteiger partial charge >= 0.3 is 0 Å². The number of aromatic nitrogens is 2. The maximum atomic E-state index is 9.55. The van der Waals surface area contributed by atoms with Crippen LogP contribution in [0.25, 0.3) is 11.1 Å². The Labute approximate surface area is 187 Å². The average Bonchev–Trinajstić information content (AvgIpc) is 2.81. The van der Waals surface area contributed by atoms with Crippen LogP contribution in [0.1, 0.15) is 37.0 Å². The molecule has 4 N–H and O–H groups in total. The van der Waals surface area contributed by atoms with E-state index >= 15 is 0 Å². The third kappa shape index (κ3) is 6.89. The fourth-order valence-electron chi connectivity index (χ4n) is 3.13. The van der Waals surface area contributed by atoms with E-state index in [1.807, 2.05) is 56.6 Å². The molecule has 7 nitrogen and oxygen atoms in total. The van der Waals surface area contributed by atoms with Gasteiger partial charge in [-0.05, 0) is 37.6 Å². The van der Waals surface area contributed by atoms with Crippen molar-refractivity contribution in [2.24, 2.45) is 10.9 Å². The Bertz CT molecular complexity index is 926. The average molecular weight is 425 g/mol. The van der Waals surface area contributed by atoms with Crippen molar-refractivity contribution in [3.63, 3.8) is 0 Å². The van der Waals surface area contributed by atoms with Crippen LogP contribution in [0.5, 0.6) is 0 Å². The minimum absolute atomic E-state index is 0. The molecule has 168 valence electrons. The van der Waals surface area contributed by atoms with Crippen LogP contribution < -0.4 is 16.0 Å². The van der Waals surface area contributed by atoms with Gasteiger partial charge in [0.25, 0.3) is 0 Å². The number of anilines is 1. The summed E-state index contributed by atoms with van der Waals surface area (Å²) in [5, 5.41) is 19.1. The number of allylic oxidation sites excluding steroid dienone is 1. The van der Waals surface area contributed by atoms with Crippen molar-refractivity contribution in [1.82, 2.24) is 20.6 Å². The van der Waals surface area contributed by atoms with Crippen molar-refractivity contribution >= 4 is 12.0 Å². The molecule has 0 aromatic carbocycles. The molecule has 0 fully saturated rings. The molecule has 3 unspecified atom stereocenters. The lowest BCUT2D eigenvalue weighted by atomic mass is 9.97. The summed E-state index contributed by atoms with van der Waals surface area (Å²) in [6.45, 7) is 11.6. The number of aliphatic imine (C=N–C) groups is 1. The van der Waals surface area contributed by atoms with E-state index in [4.69, 9.17) is 0 Å². The van der Waals surface area contributed by atoms with Crippen LogP contribution in [0.15, 0.2) is 77.6 Å². The van der Waals surface area contributed by atoms with Crippen LogP contribution in [-0.2, 0) is 0 Å². The van der Waals surface area contributed by atoms with Gasteiger partial charge in [0, 0.05) is 50.4 Å². The first-order chi connectivity index (χ1) is 15.1. The van der Waals surface area contributed by atoms with Gasteiger partial charge in [-0.15, -0.1) is 5.73 Å². The summed E-state index contributed by atoms with van der Waals surface area (Å²) in [6, 6.07) is 7.83. The zero-order valence-corrected chi connectivity index (χ0v) is 18.6. The van der Waals surface area contributed by atoms with E-state index in [-0.39, 0.29) is 15.1 Å². The van der Waals surface area contributed by atoms with Crippen molar-refractivity contribution in [1.29, 1.82) is 0 Å². The third-order valence-corrected chi connectivity index (χ3v) is 4.54. The molecule has 0 spiro atoms. The normalized spacial score (nSPS) is 16.5. The van der Waals surface area contributed by atoms with Gasteiger partial charge in [0.1, 0.15) is 12.0 Å². The number of aliphatic hydroxyl groups is 1. The van der Waals surface area contributed by atoms with Crippen LogP contribution in [0.4, 0.5) is 5.82 Å². The molecule has 0 amide bonds. The summed E-state index contributed by atoms with van der Waals surface area (Å²) in [6.07, 6.45) is 8.81. The second-order valence-corrected chi connectivity index (χ2v) is 6.66. The molecular weight excluding hydrogens is 388 g/mol. The van der Waals surface area contributed by atoms with Crippen LogP contribution in [0.3, 0.4) is 0 Å². The third-order valence-electron chi connectivity index (χ3n) is 4.54. The van der Waals surface area contributed by atoms with Crippen molar-refractivity contribution < 1.29 is 7.96 Å². The topological polar surface area (TPSA) is 94.5 Å². The number of hydrogen-bond donors (Lipinski definition) is 4. The molecule has 7 heteroatoms. The first kappa shape index (κ1) is 24.0. The molecule has 3 heterocycles. The van der Waals surface area contributed by atoms with Gasteiger partial charge in [-0.3, -0.25) is 15.3 Å². The van der Waals surface area contributed by atoms with E-state index in [1.54, 1.807) is 19.3 Å². The largest absolute Gasteiger partial charge is 0.379 e. The van der Waals surface area contributed by atoms with Crippen LogP contribution in [0, 0.1) is 5.92 Å². The van der Waals surface area contributed by atoms with Crippen molar-refractivity contribution in [2.75, 3.05) is 5.32 Å². The van der Waals surface area contributed by atoms with E-state index in [0.29, 0.717) is 5.82 Å². The maximum absolute atomic E-state index is 9.55. The Kier molecular flexibility index (Phi) is 9.65. The fraction of sp³-hybridized carbons (Fsp3) is 0.333. The second kappa shape index (κ2) is 12.4. The highest BCUT2D eigenvalue weighted by molar-refractivity contribution is 5.73. The smallest absolute Gasteiger partial charge is 0.175 e. The lowest BCUT2D eigenvalue weighted by Crippen LogP contribution is -2.47. The Morgan fingerprint density at radius 2 is 2.06 bits per heavy atom. The van der Waals surface area contributed by atoms with Crippen LogP contribution in [-0.4, -0.2) is 33.8 Å². The summed E-state index contributed by atoms with van der Waals surface area (Å²) >= 11 is 0. The lowest BCUT2D eigenvalue weighted by molar-refractivity contribution is 0.136. The monoisotopic (exact) mass is 424 g/mol. The summed E-state index contributed by atoms with van der Waals surface area (Å²) in [5.74, 6) is 0.725. The highest BCUT2D eigenvalue weighted by atomic mass is 16.3. The number of hydrogen-bond acceptors (Lipinski definition) is 7. The number of pyridine rings is 2. The SMILES string of the molecule is C=C=C(Nc1ccc(-c2cccnc2)cn1)C(CC)C1=CC=NC(NC(C)O)N1.CC.[HH].[HH]. The zero-order valence-electron chi connectivity index (χ0n) is 18.6. The predicted octanol–water partition coefficient (Wildman–Crippen LogP) is 4.54. The Balaban J connectivity index is 0.00000249. The van der Waals surface area contributed by atoms with E-state index in [0.717, 1.165) is 28.9 Å². The molecule has 3 rings (SSSR count). The van der Waals surface area contributed by atoms with E-state index in [2.05, 4.69) is 50.1 Å². The number of rotatable bonds is 8. The molecule has 0 saturated carbocycles. The minimum atomic E-state index is -0.667. The second-order valence-electron chi connectivity index (χ2n) is 6.66. The van der Waals surface area contributed by atoms with Crippen molar-refractivity contribution in [3.8, 4) is 11.1 Å². The molecule has 1 aliphatic rings. The molecule has 0 aliphatic carbocycles. The van der Waals surface area contributed by atoms with Gasteiger partial charge in [-0.25, -0.2) is 4.98 Å². The van der Waals surface area contributed by atoms with E-state index < -0.39 is 6.23 Å². The van der Waals surface area contributed by atoms with Crippen LogP contribution >= 0.6 is 0 Å². The van der Waals surface area contributed by atoms with Crippen molar-refractivity contribution in [2.45, 2.75) is 46.6 Å². The zero-order chi connectivity index (χ0) is 22.6. The minimum Gasteiger partial charge on any atom is -0.379 e. The van der Waals surface area contributed by atoms with E-state index in [1.165, 1.54) is 0 Å². The quantitative estimate of drug-likeness (QED) is 0.367. The van der Waals surface area contributed by atoms with E-state index in [9.17, 15) is 5.11 Å². The molecule has 0 radical (unpaired) electrons. The fourth-order valence-corrected chi connectivity index (χ4v) is 3.13. The van der Waals surface area contributed by atoms with Gasteiger partial charge < -0.3 is 15.7 Å². The van der Waals surface area contributed by atoms with Gasteiger partial charge in [-0.2, -0.15) is 0 Å². The molecule has 2 aromatic rings. The molecule has 1 aliphatic heterocycles. The molecule has 0 bridgehead atoms. The standard InChI is InChI=1S/C22H26N6O.C2H6.2H2/c1-4-18(20-10-12-24-22(28-20)26-15(3)29)19(5-2)27-21-9-8-17(14-25-21)16-7-6-11-23-13-16;1-2;;/h6-15,18,22,26,28-29H,2,4H2,1,3H3,(H,25,27);1-2H3;2*1H. The molecular formula is C24H36N6O. The van der Waals surface area contributed by atoms with Gasteiger partial charge in [-0.1, -0.05) is 33.4 Å². The highest BCUT2D eigenvalue weighted by Gasteiger charge is 2.22. The van der Waals surface area contributed by atoms with Crippen LogP contribution in [0.2, 0.25) is 0 Å². The summed E-state index contributed by atoms with van der Waals surface area (Å²) < 4.78 is 0. The van der Waals surface area contributed by atoms with Gasteiger partial charge in [0.05, 0.1) is 5.70 Å². The Hall–Kier alpha value is -3.25. The number of nitrogens with zero attached hydrogens (tertiary/aromatic N) is 3. The van der Waals surface area contributed by atoms with Gasteiger partial charge in [0.2, 0.25) is 0 Å². The molecule has 2 aromatic heterocycles. The highest BCUT2D eigenvalue weighted by Crippen LogP contribution is 2.25. The number of aliphatic hydroxyl groups excluding tert-OH is 1. The predicted molar refractivity (Wildman–Crippen MR) is 131 cm³/mol. The molecule has 0 saturated heterocycles. The van der Waals surface area contributed by atoms with Gasteiger partial charge in [0.15, 0.2) is 6.29 Å². The summed E-state index contributed by atoms with van der Waals surface area (Å²) in [5.41, 5.74) is 6.81.